The second kappa shape index (κ2) is 7.61. The van der Waals surface area contributed by atoms with Crippen LogP contribution in [0.25, 0.3) is 0 Å². The van der Waals surface area contributed by atoms with Crippen LogP contribution in [0.3, 0.4) is 0 Å². The summed E-state index contributed by atoms with van der Waals surface area (Å²) in [5, 5.41) is 2.86. The van der Waals surface area contributed by atoms with E-state index in [9.17, 15) is 4.79 Å². The largest absolute Gasteiger partial charge is 0.495 e. The van der Waals surface area contributed by atoms with Crippen LogP contribution < -0.4 is 15.8 Å². The van der Waals surface area contributed by atoms with Crippen LogP contribution in [0.15, 0.2) is 21.1 Å². The van der Waals surface area contributed by atoms with Crippen LogP contribution in [0.4, 0.5) is 5.69 Å². The molecule has 0 saturated heterocycles. The quantitative estimate of drug-likeness (QED) is 0.744. The van der Waals surface area contributed by atoms with Gasteiger partial charge >= 0.3 is 0 Å². The van der Waals surface area contributed by atoms with Gasteiger partial charge in [-0.25, -0.2) is 0 Å². The number of hydrogen-bond donors (Lipinski definition) is 2. The lowest BCUT2D eigenvalue weighted by molar-refractivity contribution is -0.116. The number of nitrogens with two attached hydrogens (primary N) is 1. The van der Waals surface area contributed by atoms with Crippen molar-refractivity contribution in [3.8, 4) is 5.75 Å². The zero-order valence-electron chi connectivity index (χ0n) is 12.8. The predicted octanol–water partition coefficient (Wildman–Crippen LogP) is 4.31. The van der Waals surface area contributed by atoms with Gasteiger partial charge < -0.3 is 15.8 Å². The van der Waals surface area contributed by atoms with Gasteiger partial charge in [0.1, 0.15) is 5.75 Å². The van der Waals surface area contributed by atoms with E-state index >= 15 is 0 Å². The van der Waals surface area contributed by atoms with Gasteiger partial charge in [-0.2, -0.15) is 0 Å². The molecule has 0 bridgehead atoms. The molecule has 0 aliphatic carbocycles. The zero-order chi connectivity index (χ0) is 16.2. The molecular weight excluding hydrogens is 400 g/mol. The van der Waals surface area contributed by atoms with E-state index in [1.807, 2.05) is 6.07 Å². The molecule has 1 amide bonds. The maximum absolute atomic E-state index is 12.1. The lowest BCUT2D eigenvalue weighted by atomic mass is 9.87. The van der Waals surface area contributed by atoms with Crippen LogP contribution in [-0.2, 0) is 4.79 Å². The first-order valence-corrected chi connectivity index (χ1v) is 8.29. The fourth-order valence-electron chi connectivity index (χ4n) is 2.08. The van der Waals surface area contributed by atoms with Crippen LogP contribution in [0.1, 0.15) is 33.6 Å². The van der Waals surface area contributed by atoms with Gasteiger partial charge in [0.05, 0.1) is 17.3 Å². The van der Waals surface area contributed by atoms with E-state index in [4.69, 9.17) is 10.5 Å². The number of hydrogen-bond acceptors (Lipinski definition) is 3. The molecule has 0 radical (unpaired) electrons. The number of ether oxygens (including phenoxy) is 1. The molecule has 6 heteroatoms. The molecule has 0 aromatic heterocycles. The smallest absolute Gasteiger partial charge is 0.225 e. The third-order valence-electron chi connectivity index (χ3n) is 2.84. The van der Waals surface area contributed by atoms with Crippen LogP contribution in [0.5, 0.6) is 5.75 Å². The first-order chi connectivity index (χ1) is 9.62. The number of carbonyl (C=O) groups excluding carboxylic acids is 1. The Bertz CT molecular complexity index is 513. The van der Waals surface area contributed by atoms with Crippen molar-refractivity contribution in [2.75, 3.05) is 12.4 Å². The van der Waals surface area contributed by atoms with Crippen molar-refractivity contribution in [3.05, 3.63) is 21.1 Å². The Labute approximate surface area is 143 Å². The second-order valence-electron chi connectivity index (χ2n) is 6.24. The molecule has 0 heterocycles. The lowest BCUT2D eigenvalue weighted by Crippen LogP contribution is -2.31. The highest BCUT2D eigenvalue weighted by molar-refractivity contribution is 9.11. The Balaban J connectivity index is 2.71. The Morgan fingerprint density at radius 3 is 2.48 bits per heavy atom. The van der Waals surface area contributed by atoms with E-state index < -0.39 is 0 Å². The average molecular weight is 422 g/mol. The maximum Gasteiger partial charge on any atom is 0.225 e. The van der Waals surface area contributed by atoms with Crippen molar-refractivity contribution in [2.45, 2.75) is 39.7 Å². The second-order valence-corrected chi connectivity index (χ2v) is 7.95. The Morgan fingerprint density at radius 2 is 1.95 bits per heavy atom. The van der Waals surface area contributed by atoms with Crippen molar-refractivity contribution < 1.29 is 9.53 Å². The van der Waals surface area contributed by atoms with Crippen LogP contribution in [0.2, 0.25) is 0 Å². The summed E-state index contributed by atoms with van der Waals surface area (Å²) in [5.74, 6) is 0.560. The van der Waals surface area contributed by atoms with E-state index in [0.29, 0.717) is 17.9 Å². The molecule has 0 spiro atoms. The zero-order valence-corrected chi connectivity index (χ0v) is 16.0. The highest BCUT2D eigenvalue weighted by Gasteiger charge is 2.19. The third-order valence-corrected chi connectivity index (χ3v) is 4.11. The average Bonchev–Trinajstić information content (AvgIpc) is 2.29. The molecule has 1 aromatic rings. The molecule has 1 rings (SSSR count). The van der Waals surface area contributed by atoms with Gasteiger partial charge in [0.25, 0.3) is 0 Å². The minimum Gasteiger partial charge on any atom is -0.495 e. The van der Waals surface area contributed by atoms with Crippen molar-refractivity contribution in [1.29, 1.82) is 0 Å². The highest BCUT2D eigenvalue weighted by Crippen LogP contribution is 2.34. The topological polar surface area (TPSA) is 64.3 Å². The summed E-state index contributed by atoms with van der Waals surface area (Å²) in [7, 11) is 1.58. The van der Waals surface area contributed by atoms with E-state index in [2.05, 4.69) is 57.9 Å². The standard InChI is InChI=1S/C15H22Br2N2O2/c1-15(2,3)8-9(18)5-14(20)19-12-7-13(21-4)11(17)6-10(12)16/h6-7,9H,5,8,18H2,1-4H3,(H,19,20). The van der Waals surface area contributed by atoms with E-state index in [-0.39, 0.29) is 17.4 Å². The van der Waals surface area contributed by atoms with E-state index in [1.165, 1.54) is 0 Å². The lowest BCUT2D eigenvalue weighted by Gasteiger charge is -2.22. The molecule has 1 unspecified atom stereocenters. The number of carbonyl (C=O) groups is 1. The van der Waals surface area contributed by atoms with Gasteiger partial charge in [-0.1, -0.05) is 20.8 Å². The van der Waals surface area contributed by atoms with Gasteiger partial charge in [-0.15, -0.1) is 0 Å². The third kappa shape index (κ3) is 6.36. The Hall–Kier alpha value is -0.590. The molecule has 21 heavy (non-hydrogen) atoms. The fraction of sp³-hybridized carbons (Fsp3) is 0.533. The minimum absolute atomic E-state index is 0.100. The fourth-order valence-corrected chi connectivity index (χ4v) is 3.33. The molecule has 118 valence electrons. The van der Waals surface area contributed by atoms with Crippen molar-refractivity contribution in [2.24, 2.45) is 11.1 Å². The maximum atomic E-state index is 12.1. The van der Waals surface area contributed by atoms with Gasteiger partial charge in [0.15, 0.2) is 0 Å². The van der Waals surface area contributed by atoms with E-state index in [1.54, 1.807) is 13.2 Å². The number of methoxy groups -OCH3 is 1. The predicted molar refractivity (Wildman–Crippen MR) is 93.7 cm³/mol. The first-order valence-electron chi connectivity index (χ1n) is 6.71. The molecule has 0 saturated carbocycles. The normalized spacial score (nSPS) is 12.9. The molecule has 1 atom stereocenters. The Kier molecular flexibility index (Phi) is 6.69. The Morgan fingerprint density at radius 1 is 1.33 bits per heavy atom. The minimum atomic E-state index is -0.152. The summed E-state index contributed by atoms with van der Waals surface area (Å²) in [6.07, 6.45) is 1.09. The van der Waals surface area contributed by atoms with Gasteiger partial charge in [0.2, 0.25) is 5.91 Å². The van der Waals surface area contributed by atoms with Crippen molar-refractivity contribution in [1.82, 2.24) is 0 Å². The van der Waals surface area contributed by atoms with Crippen molar-refractivity contribution in [3.63, 3.8) is 0 Å². The molecule has 0 aliphatic rings. The summed E-state index contributed by atoms with van der Waals surface area (Å²) in [6, 6.07) is 3.45. The number of amides is 1. The highest BCUT2D eigenvalue weighted by atomic mass is 79.9. The van der Waals surface area contributed by atoms with Gasteiger partial charge in [-0.3, -0.25) is 4.79 Å². The number of rotatable bonds is 5. The summed E-state index contributed by atoms with van der Waals surface area (Å²) < 4.78 is 6.83. The number of anilines is 1. The monoisotopic (exact) mass is 420 g/mol. The summed E-state index contributed by atoms with van der Waals surface area (Å²) in [4.78, 5) is 12.1. The molecule has 1 aromatic carbocycles. The number of halogens is 2. The number of nitrogens with one attached hydrogen (secondary N) is 1. The molecule has 3 N–H and O–H groups in total. The summed E-state index contributed by atoms with van der Waals surface area (Å²) in [5.41, 5.74) is 6.81. The molecule has 0 fully saturated rings. The molecule has 4 nitrogen and oxygen atoms in total. The SMILES string of the molecule is COc1cc(NC(=O)CC(N)CC(C)(C)C)c(Br)cc1Br. The van der Waals surface area contributed by atoms with Crippen molar-refractivity contribution >= 4 is 43.5 Å². The number of benzene rings is 1. The van der Waals surface area contributed by atoms with Crippen LogP contribution in [-0.4, -0.2) is 19.1 Å². The molecular formula is C15H22Br2N2O2. The summed E-state index contributed by atoms with van der Waals surface area (Å²) in [6.45, 7) is 6.34. The van der Waals surface area contributed by atoms with Crippen LogP contribution >= 0.6 is 31.9 Å². The van der Waals surface area contributed by atoms with Gasteiger partial charge in [0, 0.05) is 23.0 Å². The first kappa shape index (κ1) is 18.5. The summed E-state index contributed by atoms with van der Waals surface area (Å²) >= 11 is 6.82. The van der Waals surface area contributed by atoms with Crippen LogP contribution in [0, 0.1) is 5.41 Å². The van der Waals surface area contributed by atoms with E-state index in [0.717, 1.165) is 15.4 Å². The molecule has 0 aliphatic heterocycles. The van der Waals surface area contributed by atoms with Gasteiger partial charge in [-0.05, 0) is 49.8 Å².